The van der Waals surface area contributed by atoms with E-state index in [1.165, 1.54) is 0 Å². The summed E-state index contributed by atoms with van der Waals surface area (Å²) in [6, 6.07) is 13.1. The van der Waals surface area contributed by atoms with Crippen molar-refractivity contribution in [2.75, 3.05) is 7.05 Å². The summed E-state index contributed by atoms with van der Waals surface area (Å²) < 4.78 is 7.62. The Morgan fingerprint density at radius 3 is 2.50 bits per heavy atom. The van der Waals surface area contributed by atoms with Gasteiger partial charge in [-0.15, -0.1) is 0 Å². The Morgan fingerprint density at radius 2 is 1.89 bits per heavy atom. The minimum absolute atomic E-state index is 0.0240. The zero-order chi connectivity index (χ0) is 20.3. The van der Waals surface area contributed by atoms with E-state index in [0.717, 1.165) is 33.2 Å². The SMILES string of the molecule is Cc1cc(OCc2ccc(C(=O)N(C)Cc3cnn(C)c3C)cc2)ccc1Cl. The lowest BCUT2D eigenvalue weighted by molar-refractivity contribution is 0.0785. The van der Waals surface area contributed by atoms with Crippen molar-refractivity contribution in [2.24, 2.45) is 7.05 Å². The second kappa shape index (κ2) is 8.48. The van der Waals surface area contributed by atoms with Gasteiger partial charge in [-0.05, 0) is 55.3 Å². The predicted octanol–water partition coefficient (Wildman–Crippen LogP) is 4.54. The van der Waals surface area contributed by atoms with Crippen LogP contribution in [0.5, 0.6) is 5.75 Å². The van der Waals surface area contributed by atoms with Gasteiger partial charge in [-0.2, -0.15) is 5.10 Å². The first kappa shape index (κ1) is 20.0. The first-order valence-corrected chi connectivity index (χ1v) is 9.44. The van der Waals surface area contributed by atoms with Gasteiger partial charge < -0.3 is 9.64 Å². The number of ether oxygens (including phenoxy) is 1. The maximum absolute atomic E-state index is 12.7. The smallest absolute Gasteiger partial charge is 0.253 e. The number of carbonyl (C=O) groups is 1. The van der Waals surface area contributed by atoms with E-state index in [4.69, 9.17) is 16.3 Å². The van der Waals surface area contributed by atoms with Crippen LogP contribution >= 0.6 is 11.6 Å². The molecule has 0 radical (unpaired) electrons. The third-order valence-electron chi connectivity index (χ3n) is 4.83. The number of halogens is 1. The molecule has 3 aromatic rings. The lowest BCUT2D eigenvalue weighted by Gasteiger charge is -2.17. The van der Waals surface area contributed by atoms with Crippen molar-refractivity contribution >= 4 is 17.5 Å². The topological polar surface area (TPSA) is 47.4 Å². The maximum Gasteiger partial charge on any atom is 0.253 e. The van der Waals surface area contributed by atoms with Crippen molar-refractivity contribution in [1.82, 2.24) is 14.7 Å². The Morgan fingerprint density at radius 1 is 1.18 bits per heavy atom. The summed E-state index contributed by atoms with van der Waals surface area (Å²) >= 11 is 6.04. The summed E-state index contributed by atoms with van der Waals surface area (Å²) in [7, 11) is 3.70. The molecule has 6 heteroatoms. The van der Waals surface area contributed by atoms with Gasteiger partial charge in [0.2, 0.25) is 0 Å². The average molecular weight is 398 g/mol. The summed E-state index contributed by atoms with van der Waals surface area (Å²) in [6.07, 6.45) is 1.80. The highest BCUT2D eigenvalue weighted by molar-refractivity contribution is 6.31. The van der Waals surface area contributed by atoms with Gasteiger partial charge in [-0.1, -0.05) is 23.7 Å². The standard InChI is InChI=1S/C22H24ClN3O2/c1-15-11-20(9-10-21(15)23)28-14-17-5-7-18(8-6-17)22(27)25(3)13-19-12-24-26(4)16(19)2/h5-12H,13-14H2,1-4H3. The van der Waals surface area contributed by atoms with Crippen LogP contribution in [0, 0.1) is 13.8 Å². The average Bonchev–Trinajstić information content (AvgIpc) is 3.00. The highest BCUT2D eigenvalue weighted by Gasteiger charge is 2.14. The Kier molecular flexibility index (Phi) is 6.05. The molecule has 0 spiro atoms. The fourth-order valence-electron chi connectivity index (χ4n) is 2.86. The van der Waals surface area contributed by atoms with Crippen molar-refractivity contribution in [3.63, 3.8) is 0 Å². The summed E-state index contributed by atoms with van der Waals surface area (Å²) in [5.41, 5.74) is 4.73. The molecule has 2 aromatic carbocycles. The van der Waals surface area contributed by atoms with Crippen molar-refractivity contribution < 1.29 is 9.53 Å². The van der Waals surface area contributed by atoms with Gasteiger partial charge in [0.25, 0.3) is 5.91 Å². The molecule has 0 aliphatic rings. The predicted molar refractivity (Wildman–Crippen MR) is 111 cm³/mol. The van der Waals surface area contributed by atoms with E-state index in [1.807, 2.05) is 68.0 Å². The van der Waals surface area contributed by atoms with Crippen molar-refractivity contribution in [3.8, 4) is 5.75 Å². The highest BCUT2D eigenvalue weighted by Crippen LogP contribution is 2.22. The number of hydrogen-bond donors (Lipinski definition) is 0. The normalized spacial score (nSPS) is 10.8. The molecule has 0 aliphatic carbocycles. The molecule has 1 heterocycles. The van der Waals surface area contributed by atoms with E-state index in [9.17, 15) is 4.79 Å². The number of carbonyl (C=O) groups excluding carboxylic acids is 1. The van der Waals surface area contributed by atoms with Gasteiger partial charge in [-0.3, -0.25) is 9.48 Å². The van der Waals surface area contributed by atoms with Gasteiger partial charge in [0.15, 0.2) is 0 Å². The number of rotatable bonds is 6. The van der Waals surface area contributed by atoms with Gasteiger partial charge in [0, 0.05) is 42.5 Å². The van der Waals surface area contributed by atoms with E-state index in [0.29, 0.717) is 18.7 Å². The fraction of sp³-hybridized carbons (Fsp3) is 0.273. The van der Waals surface area contributed by atoms with E-state index in [1.54, 1.807) is 18.1 Å². The molecule has 28 heavy (non-hydrogen) atoms. The van der Waals surface area contributed by atoms with Crippen LogP contribution in [-0.2, 0) is 20.2 Å². The van der Waals surface area contributed by atoms with Crippen LogP contribution < -0.4 is 4.74 Å². The largest absolute Gasteiger partial charge is 0.489 e. The number of hydrogen-bond acceptors (Lipinski definition) is 3. The minimum atomic E-state index is -0.0240. The minimum Gasteiger partial charge on any atom is -0.489 e. The molecule has 0 saturated heterocycles. The Balaban J connectivity index is 1.60. The second-order valence-electron chi connectivity index (χ2n) is 6.94. The van der Waals surface area contributed by atoms with Gasteiger partial charge in [0.05, 0.1) is 6.20 Å². The molecule has 0 fully saturated rings. The maximum atomic E-state index is 12.7. The molecule has 0 unspecified atom stereocenters. The van der Waals surface area contributed by atoms with E-state index in [-0.39, 0.29) is 5.91 Å². The molecule has 0 bridgehead atoms. The Hall–Kier alpha value is -2.79. The van der Waals surface area contributed by atoms with Crippen LogP contribution in [-0.4, -0.2) is 27.6 Å². The van der Waals surface area contributed by atoms with Crippen LogP contribution in [0.15, 0.2) is 48.7 Å². The zero-order valence-corrected chi connectivity index (χ0v) is 17.3. The second-order valence-corrected chi connectivity index (χ2v) is 7.34. The summed E-state index contributed by atoms with van der Waals surface area (Å²) in [6.45, 7) is 4.90. The molecule has 3 rings (SSSR count). The molecule has 0 N–H and O–H groups in total. The monoisotopic (exact) mass is 397 g/mol. The quantitative estimate of drug-likeness (QED) is 0.613. The van der Waals surface area contributed by atoms with E-state index < -0.39 is 0 Å². The molecule has 1 aromatic heterocycles. The summed E-state index contributed by atoms with van der Waals surface area (Å²) in [5.74, 6) is 0.748. The molecule has 146 valence electrons. The van der Waals surface area contributed by atoms with E-state index in [2.05, 4.69) is 5.10 Å². The van der Waals surface area contributed by atoms with Gasteiger partial charge >= 0.3 is 0 Å². The molecule has 0 saturated carbocycles. The lowest BCUT2D eigenvalue weighted by atomic mass is 10.1. The fourth-order valence-corrected chi connectivity index (χ4v) is 2.98. The van der Waals surface area contributed by atoms with Crippen LogP contribution in [0.4, 0.5) is 0 Å². The number of benzene rings is 2. The lowest BCUT2D eigenvalue weighted by Crippen LogP contribution is -2.26. The van der Waals surface area contributed by atoms with E-state index >= 15 is 0 Å². The van der Waals surface area contributed by atoms with Crippen LogP contribution in [0.3, 0.4) is 0 Å². The third-order valence-corrected chi connectivity index (χ3v) is 5.25. The first-order chi connectivity index (χ1) is 13.3. The van der Waals surface area contributed by atoms with Crippen molar-refractivity contribution in [1.29, 1.82) is 0 Å². The number of nitrogens with zero attached hydrogens (tertiary/aromatic N) is 3. The number of aryl methyl sites for hydroxylation is 2. The Labute approximate surface area is 170 Å². The van der Waals surface area contributed by atoms with Crippen molar-refractivity contribution in [2.45, 2.75) is 27.0 Å². The first-order valence-electron chi connectivity index (χ1n) is 9.06. The van der Waals surface area contributed by atoms with Gasteiger partial charge in [0.1, 0.15) is 12.4 Å². The molecule has 0 atom stereocenters. The van der Waals surface area contributed by atoms with Crippen LogP contribution in [0.2, 0.25) is 5.02 Å². The molecule has 5 nitrogen and oxygen atoms in total. The number of amides is 1. The molecular formula is C22H24ClN3O2. The van der Waals surface area contributed by atoms with Crippen LogP contribution in [0.25, 0.3) is 0 Å². The molecule has 0 aliphatic heterocycles. The van der Waals surface area contributed by atoms with Crippen molar-refractivity contribution in [3.05, 3.63) is 81.6 Å². The zero-order valence-electron chi connectivity index (χ0n) is 16.6. The summed E-state index contributed by atoms with van der Waals surface area (Å²) in [4.78, 5) is 14.4. The van der Waals surface area contributed by atoms with Gasteiger partial charge in [-0.25, -0.2) is 0 Å². The highest BCUT2D eigenvalue weighted by atomic mass is 35.5. The number of aromatic nitrogens is 2. The Bertz CT molecular complexity index is 980. The molecular weight excluding hydrogens is 374 g/mol. The van der Waals surface area contributed by atoms with Crippen LogP contribution in [0.1, 0.15) is 32.7 Å². The summed E-state index contributed by atoms with van der Waals surface area (Å²) in [5, 5.41) is 4.95. The molecule has 1 amide bonds. The third kappa shape index (κ3) is 4.54.